The molecule has 0 saturated carbocycles. The number of hydrogen-bond donors (Lipinski definition) is 2. The maximum atomic E-state index is 12.5. The van der Waals surface area contributed by atoms with E-state index in [0.717, 1.165) is 25.2 Å². The van der Waals surface area contributed by atoms with Crippen molar-refractivity contribution in [2.45, 2.75) is 32.6 Å². The smallest absolute Gasteiger partial charge is 0.379 e. The Bertz CT molecular complexity index is 570. The average molecular weight is 373 g/mol. The Morgan fingerprint density at radius 1 is 1.15 bits per heavy atom. The molecule has 2 amide bonds. The maximum absolute atomic E-state index is 12.5. The van der Waals surface area contributed by atoms with Crippen molar-refractivity contribution in [1.82, 2.24) is 15.5 Å². The molecule has 1 heterocycles. The van der Waals surface area contributed by atoms with Gasteiger partial charge < -0.3 is 15.4 Å². The SMILES string of the molecule is CC(C)[C@H](CNC(=O)NCc1ccc(C(F)(F)F)cc1)N1CCOCC1. The first-order valence-corrected chi connectivity index (χ1v) is 8.77. The van der Waals surface area contributed by atoms with Gasteiger partial charge in [0.05, 0.1) is 18.8 Å². The summed E-state index contributed by atoms with van der Waals surface area (Å²) < 4.78 is 43.0. The molecule has 1 fully saturated rings. The summed E-state index contributed by atoms with van der Waals surface area (Å²) in [4.78, 5) is 14.3. The highest BCUT2D eigenvalue weighted by atomic mass is 19.4. The fourth-order valence-corrected chi connectivity index (χ4v) is 2.95. The molecule has 0 radical (unpaired) electrons. The normalized spacial score (nSPS) is 17.2. The van der Waals surface area contributed by atoms with Crippen LogP contribution in [0.3, 0.4) is 0 Å². The van der Waals surface area contributed by atoms with Gasteiger partial charge in [0.15, 0.2) is 0 Å². The number of rotatable bonds is 6. The Hall–Kier alpha value is -1.80. The van der Waals surface area contributed by atoms with E-state index in [1.807, 2.05) is 0 Å². The van der Waals surface area contributed by atoms with E-state index in [1.165, 1.54) is 12.1 Å². The minimum atomic E-state index is -4.35. The predicted octanol–water partition coefficient (Wildman–Crippen LogP) is 2.86. The van der Waals surface area contributed by atoms with Crippen molar-refractivity contribution in [3.05, 3.63) is 35.4 Å². The van der Waals surface area contributed by atoms with E-state index in [2.05, 4.69) is 29.4 Å². The number of halogens is 3. The van der Waals surface area contributed by atoms with Crippen LogP contribution in [0.1, 0.15) is 25.0 Å². The summed E-state index contributed by atoms with van der Waals surface area (Å²) in [5.41, 5.74) is -0.0854. The zero-order chi connectivity index (χ0) is 19.2. The number of amides is 2. The van der Waals surface area contributed by atoms with Gasteiger partial charge in [0.1, 0.15) is 0 Å². The molecule has 0 aliphatic carbocycles. The zero-order valence-corrected chi connectivity index (χ0v) is 15.1. The number of carbonyl (C=O) groups is 1. The van der Waals surface area contributed by atoms with Crippen LogP contribution in [0.15, 0.2) is 24.3 Å². The summed E-state index contributed by atoms with van der Waals surface area (Å²) in [6.07, 6.45) is -4.35. The van der Waals surface area contributed by atoms with Crippen molar-refractivity contribution in [2.24, 2.45) is 5.92 Å². The predicted molar refractivity (Wildman–Crippen MR) is 92.7 cm³/mol. The molecular formula is C18H26F3N3O2. The van der Waals surface area contributed by atoms with Gasteiger partial charge in [-0.1, -0.05) is 26.0 Å². The molecule has 1 aliphatic heterocycles. The van der Waals surface area contributed by atoms with E-state index < -0.39 is 11.7 Å². The standard InChI is InChI=1S/C18H26F3N3O2/c1-13(2)16(24-7-9-26-10-8-24)12-23-17(25)22-11-14-3-5-15(6-4-14)18(19,20)21/h3-6,13,16H,7-12H2,1-2H3,(H2,22,23,25)/t16-/m0/s1. The molecule has 5 nitrogen and oxygen atoms in total. The van der Waals surface area contributed by atoms with Gasteiger partial charge >= 0.3 is 12.2 Å². The monoisotopic (exact) mass is 373 g/mol. The van der Waals surface area contributed by atoms with Crippen LogP contribution in [0.2, 0.25) is 0 Å². The van der Waals surface area contributed by atoms with Crippen LogP contribution in [-0.2, 0) is 17.5 Å². The number of ether oxygens (including phenoxy) is 1. The summed E-state index contributed by atoms with van der Waals surface area (Å²) in [5, 5.41) is 5.53. The number of benzene rings is 1. The molecule has 0 aromatic heterocycles. The third kappa shape index (κ3) is 6.17. The lowest BCUT2D eigenvalue weighted by atomic mass is 10.0. The highest BCUT2D eigenvalue weighted by Gasteiger charge is 2.30. The molecule has 0 bridgehead atoms. The third-order valence-corrected chi connectivity index (χ3v) is 4.49. The van der Waals surface area contributed by atoms with Gasteiger partial charge in [-0.15, -0.1) is 0 Å². The molecule has 1 aromatic rings. The van der Waals surface area contributed by atoms with E-state index in [0.29, 0.717) is 31.2 Å². The quantitative estimate of drug-likeness (QED) is 0.806. The van der Waals surface area contributed by atoms with Crippen LogP contribution in [-0.4, -0.2) is 49.8 Å². The first-order valence-electron chi connectivity index (χ1n) is 8.77. The number of nitrogens with one attached hydrogen (secondary N) is 2. The summed E-state index contributed by atoms with van der Waals surface area (Å²) in [5.74, 6) is 0.378. The van der Waals surface area contributed by atoms with Crippen molar-refractivity contribution in [2.75, 3.05) is 32.8 Å². The molecule has 1 atom stereocenters. The van der Waals surface area contributed by atoms with E-state index in [9.17, 15) is 18.0 Å². The number of hydrogen-bond acceptors (Lipinski definition) is 3. The largest absolute Gasteiger partial charge is 0.416 e. The van der Waals surface area contributed by atoms with E-state index in [4.69, 9.17) is 4.74 Å². The number of morpholine rings is 1. The second-order valence-electron chi connectivity index (χ2n) is 6.72. The van der Waals surface area contributed by atoms with Crippen LogP contribution in [0.25, 0.3) is 0 Å². The summed E-state index contributed by atoms with van der Waals surface area (Å²) in [6, 6.07) is 4.66. The molecule has 0 unspecified atom stereocenters. The van der Waals surface area contributed by atoms with Crippen LogP contribution >= 0.6 is 0 Å². The van der Waals surface area contributed by atoms with Gasteiger partial charge in [-0.05, 0) is 23.6 Å². The Balaban J connectivity index is 1.78. The molecule has 0 spiro atoms. The van der Waals surface area contributed by atoms with Crippen LogP contribution in [0, 0.1) is 5.92 Å². The lowest BCUT2D eigenvalue weighted by molar-refractivity contribution is -0.137. The molecule has 1 aromatic carbocycles. The van der Waals surface area contributed by atoms with Crippen molar-refractivity contribution >= 4 is 6.03 Å². The Labute approximate surface area is 151 Å². The first-order chi connectivity index (χ1) is 12.3. The molecule has 146 valence electrons. The first kappa shape index (κ1) is 20.5. The molecule has 8 heteroatoms. The zero-order valence-electron chi connectivity index (χ0n) is 15.1. The number of nitrogens with zero attached hydrogens (tertiary/aromatic N) is 1. The van der Waals surface area contributed by atoms with Gasteiger partial charge in [0, 0.05) is 32.2 Å². The number of carbonyl (C=O) groups excluding carboxylic acids is 1. The molecule has 2 N–H and O–H groups in total. The molecule has 26 heavy (non-hydrogen) atoms. The minimum Gasteiger partial charge on any atom is -0.379 e. The highest BCUT2D eigenvalue weighted by Crippen LogP contribution is 2.29. The van der Waals surface area contributed by atoms with Gasteiger partial charge in [-0.25, -0.2) is 4.79 Å². The van der Waals surface area contributed by atoms with E-state index in [1.54, 1.807) is 0 Å². The topological polar surface area (TPSA) is 53.6 Å². The second-order valence-corrected chi connectivity index (χ2v) is 6.72. The minimum absolute atomic E-state index is 0.174. The van der Waals surface area contributed by atoms with E-state index >= 15 is 0 Å². The van der Waals surface area contributed by atoms with Gasteiger partial charge in [0.2, 0.25) is 0 Å². The van der Waals surface area contributed by atoms with E-state index in [-0.39, 0.29) is 18.6 Å². The molecule has 1 aliphatic rings. The maximum Gasteiger partial charge on any atom is 0.416 e. The van der Waals surface area contributed by atoms with Gasteiger partial charge in [0.25, 0.3) is 0 Å². The van der Waals surface area contributed by atoms with Crippen LogP contribution in [0.4, 0.5) is 18.0 Å². The van der Waals surface area contributed by atoms with Crippen molar-refractivity contribution in [3.63, 3.8) is 0 Å². The lowest BCUT2D eigenvalue weighted by Crippen LogP contribution is -2.52. The van der Waals surface area contributed by atoms with Crippen molar-refractivity contribution < 1.29 is 22.7 Å². The van der Waals surface area contributed by atoms with Crippen molar-refractivity contribution in [1.29, 1.82) is 0 Å². The van der Waals surface area contributed by atoms with Crippen LogP contribution < -0.4 is 10.6 Å². The lowest BCUT2D eigenvalue weighted by Gasteiger charge is -2.36. The second kappa shape index (κ2) is 9.23. The molecule has 1 saturated heterocycles. The number of urea groups is 1. The highest BCUT2D eigenvalue weighted by molar-refractivity contribution is 5.73. The Morgan fingerprint density at radius 2 is 1.77 bits per heavy atom. The van der Waals surface area contributed by atoms with Gasteiger partial charge in [-0.3, -0.25) is 4.90 Å². The summed E-state index contributed by atoms with van der Waals surface area (Å²) >= 11 is 0. The van der Waals surface area contributed by atoms with Gasteiger partial charge in [-0.2, -0.15) is 13.2 Å². The fraction of sp³-hybridized carbons (Fsp3) is 0.611. The molecule has 2 rings (SSSR count). The summed E-state index contributed by atoms with van der Waals surface area (Å²) in [7, 11) is 0. The number of alkyl halides is 3. The summed E-state index contributed by atoms with van der Waals surface area (Å²) in [6.45, 7) is 8.00. The average Bonchev–Trinajstić information content (AvgIpc) is 2.60. The Morgan fingerprint density at radius 3 is 2.31 bits per heavy atom. The third-order valence-electron chi connectivity index (χ3n) is 4.49. The molecular weight excluding hydrogens is 347 g/mol. The Kier molecular flexibility index (Phi) is 7.28. The fourth-order valence-electron chi connectivity index (χ4n) is 2.95. The van der Waals surface area contributed by atoms with Crippen LogP contribution in [0.5, 0.6) is 0 Å². The van der Waals surface area contributed by atoms with Crippen molar-refractivity contribution in [3.8, 4) is 0 Å².